The number of allylic oxidation sites excluding steroid dienone is 2. The van der Waals surface area contributed by atoms with Gasteiger partial charge in [-0.05, 0) is 37.2 Å². The topological polar surface area (TPSA) is 38.7 Å². The van der Waals surface area contributed by atoms with Crippen molar-refractivity contribution < 1.29 is 9.53 Å². The monoisotopic (exact) mass is 325 g/mol. The smallest absolute Gasteiger partial charge is 0.357 e. The Balaban J connectivity index is 2.14. The number of aliphatic imine (C=N–C) groups is 1. The Bertz CT molecular complexity index is 614. The van der Waals surface area contributed by atoms with Crippen LogP contribution < -0.4 is 0 Å². The Kier molecular flexibility index (Phi) is 6.98. The lowest BCUT2D eigenvalue weighted by atomic mass is 9.95. The minimum Gasteiger partial charge on any atom is -0.451 e. The van der Waals surface area contributed by atoms with Crippen molar-refractivity contribution in [2.75, 3.05) is 0 Å². The van der Waals surface area contributed by atoms with Gasteiger partial charge in [0.1, 0.15) is 11.8 Å². The molecule has 0 aromatic heterocycles. The third-order valence-electron chi connectivity index (χ3n) is 4.08. The number of cyclic esters (lactones) is 1. The van der Waals surface area contributed by atoms with E-state index in [9.17, 15) is 4.79 Å². The molecule has 3 heteroatoms. The molecule has 0 saturated heterocycles. The van der Waals surface area contributed by atoms with E-state index in [-0.39, 0.29) is 18.0 Å². The summed E-state index contributed by atoms with van der Waals surface area (Å²) >= 11 is 0. The van der Waals surface area contributed by atoms with Crippen LogP contribution in [0.5, 0.6) is 0 Å². The molecule has 1 aromatic rings. The molecule has 1 aromatic carbocycles. The van der Waals surface area contributed by atoms with E-state index >= 15 is 0 Å². The molecule has 3 nitrogen and oxygen atoms in total. The Morgan fingerprint density at radius 1 is 1.17 bits per heavy atom. The molecule has 1 atom stereocenters. The van der Waals surface area contributed by atoms with Crippen LogP contribution in [0.3, 0.4) is 0 Å². The van der Waals surface area contributed by atoms with Crippen LogP contribution >= 0.6 is 0 Å². The highest BCUT2D eigenvalue weighted by Crippen LogP contribution is 2.23. The number of esters is 1. The second-order valence-corrected chi connectivity index (χ2v) is 6.45. The third-order valence-corrected chi connectivity index (χ3v) is 4.08. The van der Waals surface area contributed by atoms with E-state index in [1.165, 1.54) is 0 Å². The van der Waals surface area contributed by atoms with Crippen LogP contribution in [0.2, 0.25) is 0 Å². The lowest BCUT2D eigenvalue weighted by molar-refractivity contribution is -0.143. The van der Waals surface area contributed by atoms with Gasteiger partial charge in [-0.1, -0.05) is 62.8 Å². The van der Waals surface area contributed by atoms with E-state index in [1.807, 2.05) is 56.3 Å². The molecule has 2 rings (SSSR count). The van der Waals surface area contributed by atoms with Crippen molar-refractivity contribution >= 4 is 11.7 Å². The summed E-state index contributed by atoms with van der Waals surface area (Å²) in [7, 11) is 0. The van der Waals surface area contributed by atoms with Crippen molar-refractivity contribution in [3.63, 3.8) is 0 Å². The maximum atomic E-state index is 12.2. The predicted molar refractivity (Wildman–Crippen MR) is 99.1 cm³/mol. The number of unbranched alkanes of at least 4 members (excludes halogenated alkanes) is 4. The first-order chi connectivity index (χ1) is 11.6. The summed E-state index contributed by atoms with van der Waals surface area (Å²) in [5.41, 5.74) is 2.30. The van der Waals surface area contributed by atoms with Gasteiger partial charge in [-0.25, -0.2) is 9.79 Å². The average Bonchev–Trinajstić information content (AvgIpc) is 2.59. The van der Waals surface area contributed by atoms with Gasteiger partial charge in [-0.3, -0.25) is 0 Å². The summed E-state index contributed by atoms with van der Waals surface area (Å²) < 4.78 is 5.67. The molecule has 1 heterocycles. The van der Waals surface area contributed by atoms with E-state index in [2.05, 4.69) is 11.6 Å². The first-order valence-corrected chi connectivity index (χ1v) is 8.79. The maximum absolute atomic E-state index is 12.2. The van der Waals surface area contributed by atoms with Gasteiger partial charge in [-0.15, -0.1) is 6.58 Å². The largest absolute Gasteiger partial charge is 0.451 e. The second-order valence-electron chi connectivity index (χ2n) is 6.45. The molecule has 0 spiro atoms. The summed E-state index contributed by atoms with van der Waals surface area (Å²) in [4.78, 5) is 16.9. The van der Waals surface area contributed by atoms with Gasteiger partial charge >= 0.3 is 5.97 Å². The van der Waals surface area contributed by atoms with Crippen molar-refractivity contribution in [2.45, 2.75) is 52.1 Å². The van der Waals surface area contributed by atoms with Crippen LogP contribution in [0.15, 0.2) is 59.8 Å². The van der Waals surface area contributed by atoms with Crippen LogP contribution in [-0.4, -0.2) is 17.8 Å². The van der Waals surface area contributed by atoms with Crippen LogP contribution in [0.4, 0.5) is 0 Å². The molecule has 0 N–H and O–H groups in total. The zero-order valence-corrected chi connectivity index (χ0v) is 14.7. The Labute approximate surface area is 145 Å². The van der Waals surface area contributed by atoms with Gasteiger partial charge in [0, 0.05) is 0 Å². The van der Waals surface area contributed by atoms with Gasteiger partial charge in [0.05, 0.1) is 5.71 Å². The van der Waals surface area contributed by atoms with Gasteiger partial charge in [0.15, 0.2) is 0 Å². The molecule has 24 heavy (non-hydrogen) atoms. The van der Waals surface area contributed by atoms with Crippen molar-refractivity contribution in [1.29, 1.82) is 0 Å². The number of benzene rings is 1. The molecule has 1 aliphatic heterocycles. The zero-order chi connectivity index (χ0) is 17.4. The molecule has 0 radical (unpaired) electrons. The molecule has 0 fully saturated rings. The Hall–Kier alpha value is -2.16. The highest BCUT2D eigenvalue weighted by atomic mass is 16.5. The van der Waals surface area contributed by atoms with Gasteiger partial charge < -0.3 is 4.74 Å². The molecule has 0 aliphatic carbocycles. The predicted octanol–water partition coefficient (Wildman–Crippen LogP) is 5.08. The quantitative estimate of drug-likeness (QED) is 0.289. The molecule has 0 amide bonds. The van der Waals surface area contributed by atoms with Gasteiger partial charge in [0.2, 0.25) is 0 Å². The van der Waals surface area contributed by atoms with Gasteiger partial charge in [-0.2, -0.15) is 0 Å². The normalized spacial score (nSPS) is 19.3. The van der Waals surface area contributed by atoms with E-state index in [0.29, 0.717) is 5.70 Å². The zero-order valence-electron chi connectivity index (χ0n) is 14.7. The Morgan fingerprint density at radius 3 is 2.54 bits per heavy atom. The number of ether oxygens (including phenoxy) is 1. The van der Waals surface area contributed by atoms with Crippen molar-refractivity contribution in [3.8, 4) is 0 Å². The van der Waals surface area contributed by atoms with E-state index in [0.717, 1.165) is 43.4 Å². The minimum atomic E-state index is -0.306. The van der Waals surface area contributed by atoms with Crippen LogP contribution in [0, 0.1) is 5.92 Å². The average molecular weight is 325 g/mol. The van der Waals surface area contributed by atoms with Crippen molar-refractivity contribution in [2.24, 2.45) is 10.9 Å². The van der Waals surface area contributed by atoms with Crippen LogP contribution in [-0.2, 0) is 9.53 Å². The van der Waals surface area contributed by atoms with Gasteiger partial charge in [0.25, 0.3) is 0 Å². The fourth-order valence-corrected chi connectivity index (χ4v) is 2.74. The first-order valence-electron chi connectivity index (χ1n) is 8.79. The molecule has 0 saturated carbocycles. The number of carbonyl (C=O) groups excluding carboxylic acids is 1. The molecular weight excluding hydrogens is 298 g/mol. The Morgan fingerprint density at radius 2 is 1.88 bits per heavy atom. The minimum absolute atomic E-state index is 0.188. The molecule has 0 bridgehead atoms. The number of carbonyl (C=O) groups is 1. The maximum Gasteiger partial charge on any atom is 0.357 e. The summed E-state index contributed by atoms with van der Waals surface area (Å²) in [6, 6.07) is 9.97. The van der Waals surface area contributed by atoms with E-state index < -0.39 is 0 Å². The summed E-state index contributed by atoms with van der Waals surface area (Å²) in [5.74, 6) is -0.118. The standard InChI is InChI=1S/C21H27NO2/c1-4-5-6-7-8-12-15-18-21(23)24-20(16(2)3)19(22-18)17-13-10-9-11-14-17/h4,9-11,13-16,20H,1,5-8,12H2,2-3H3/b18-15+/t20-/m1/s1. The number of hydrogen-bond donors (Lipinski definition) is 0. The highest BCUT2D eigenvalue weighted by Gasteiger charge is 2.31. The fraction of sp³-hybridized carbons (Fsp3) is 0.429. The highest BCUT2D eigenvalue weighted by molar-refractivity contribution is 6.10. The fourth-order valence-electron chi connectivity index (χ4n) is 2.74. The van der Waals surface area contributed by atoms with Crippen LogP contribution in [0.25, 0.3) is 0 Å². The van der Waals surface area contributed by atoms with Crippen molar-refractivity contribution in [3.05, 3.63) is 60.3 Å². The molecule has 128 valence electrons. The molecular formula is C21H27NO2. The first kappa shape index (κ1) is 18.2. The lowest BCUT2D eigenvalue weighted by Gasteiger charge is -2.27. The number of rotatable bonds is 8. The third kappa shape index (κ3) is 4.92. The van der Waals surface area contributed by atoms with Crippen LogP contribution in [0.1, 0.15) is 51.5 Å². The molecule has 0 unspecified atom stereocenters. The van der Waals surface area contributed by atoms with E-state index in [4.69, 9.17) is 4.74 Å². The second kappa shape index (κ2) is 9.21. The molecule has 1 aliphatic rings. The summed E-state index contributed by atoms with van der Waals surface area (Å²) in [6.07, 6.45) is 8.79. The summed E-state index contributed by atoms with van der Waals surface area (Å²) in [6.45, 7) is 7.82. The lowest BCUT2D eigenvalue weighted by Crippen LogP contribution is -2.37. The van der Waals surface area contributed by atoms with E-state index in [1.54, 1.807) is 0 Å². The van der Waals surface area contributed by atoms with Crippen molar-refractivity contribution in [1.82, 2.24) is 0 Å². The number of hydrogen-bond acceptors (Lipinski definition) is 3. The summed E-state index contributed by atoms with van der Waals surface area (Å²) in [5, 5.41) is 0. The SMILES string of the molecule is C=CCCCCC/C=C1/N=C(c2ccccc2)[C@@H](C(C)C)OC1=O. The number of nitrogens with zero attached hydrogens (tertiary/aromatic N) is 1.